The van der Waals surface area contributed by atoms with Crippen LogP contribution in [0.4, 0.5) is 0 Å². The van der Waals surface area contributed by atoms with Gasteiger partial charge in [-0.05, 0) is 39.5 Å². The zero-order chi connectivity index (χ0) is 26.3. The molecule has 7 heteroatoms. The molecule has 1 saturated heterocycles. The molecule has 33 heavy (non-hydrogen) atoms. The number of aliphatic hydroxyl groups is 2. The van der Waals surface area contributed by atoms with Gasteiger partial charge in [-0.1, -0.05) is 54.9 Å². The van der Waals surface area contributed by atoms with Crippen molar-refractivity contribution in [1.29, 1.82) is 0 Å². The summed E-state index contributed by atoms with van der Waals surface area (Å²) in [5.41, 5.74) is -2.65. The van der Waals surface area contributed by atoms with E-state index in [-0.39, 0.29) is 23.9 Å². The summed E-state index contributed by atoms with van der Waals surface area (Å²) in [5.74, 6) is -4.40. The third-order valence-corrected chi connectivity index (χ3v) is 7.41. The van der Waals surface area contributed by atoms with Crippen molar-refractivity contribution in [2.45, 2.75) is 112 Å². The number of carbonyl (C=O) groups excluding carboxylic acids is 3. The predicted octanol–water partition coefficient (Wildman–Crippen LogP) is 3.96. The molecule has 194 valence electrons. The van der Waals surface area contributed by atoms with Gasteiger partial charge in [0.15, 0.2) is 0 Å². The maximum Gasteiger partial charge on any atom is 0.316 e. The van der Waals surface area contributed by atoms with Crippen molar-refractivity contribution in [3.8, 4) is 0 Å². The van der Waals surface area contributed by atoms with Gasteiger partial charge in [0.25, 0.3) is 0 Å². The molecule has 0 saturated carbocycles. The summed E-state index contributed by atoms with van der Waals surface area (Å²) in [6.07, 6.45) is -0.679. The molecule has 0 aromatic carbocycles. The number of carbonyl (C=O) groups is 3. The Bertz CT molecular complexity index is 659. The lowest BCUT2D eigenvalue weighted by Crippen LogP contribution is -2.56. The molecule has 0 aliphatic carbocycles. The van der Waals surface area contributed by atoms with Gasteiger partial charge in [-0.2, -0.15) is 0 Å². The number of cyclic esters (lactones) is 1. The van der Waals surface area contributed by atoms with Crippen LogP contribution >= 0.6 is 0 Å². The van der Waals surface area contributed by atoms with E-state index >= 15 is 0 Å². The summed E-state index contributed by atoms with van der Waals surface area (Å²) in [6, 6.07) is 0. The Morgan fingerprint density at radius 3 is 1.88 bits per heavy atom. The molecule has 0 spiro atoms. The van der Waals surface area contributed by atoms with E-state index in [1.807, 2.05) is 13.8 Å². The lowest BCUT2D eigenvalue weighted by atomic mass is 9.71. The second-order valence-electron chi connectivity index (χ2n) is 10.2. The fraction of sp³-hybridized carbons (Fsp3) is 0.885. The van der Waals surface area contributed by atoms with E-state index in [1.165, 1.54) is 20.3 Å². The molecule has 1 rings (SSSR count). The van der Waals surface area contributed by atoms with E-state index in [0.29, 0.717) is 6.42 Å². The number of Topliss-reactive ketones (excluding diaryl/α,β-unsaturated/α-hetero) is 2. The van der Waals surface area contributed by atoms with E-state index in [9.17, 15) is 24.6 Å². The molecule has 7 nitrogen and oxygen atoms in total. The minimum absolute atomic E-state index is 0.219. The molecule has 0 aromatic rings. The maximum atomic E-state index is 13.1. The maximum absolute atomic E-state index is 13.1. The second-order valence-corrected chi connectivity index (χ2v) is 10.2. The van der Waals surface area contributed by atoms with Crippen LogP contribution in [0.5, 0.6) is 0 Å². The average Bonchev–Trinajstić information content (AvgIpc) is 2.78. The first-order chi connectivity index (χ1) is 15.1. The number of aliphatic hydroxyl groups excluding tert-OH is 1. The van der Waals surface area contributed by atoms with Crippen molar-refractivity contribution in [1.82, 2.24) is 0 Å². The first kappa shape index (κ1) is 31.7. The Morgan fingerprint density at radius 2 is 1.45 bits per heavy atom. The third kappa shape index (κ3) is 7.33. The first-order valence-electron chi connectivity index (χ1n) is 12.3. The summed E-state index contributed by atoms with van der Waals surface area (Å²) in [7, 11) is 1.54. The zero-order valence-corrected chi connectivity index (χ0v) is 22.6. The van der Waals surface area contributed by atoms with E-state index in [0.717, 1.165) is 0 Å². The number of hydrogen-bond acceptors (Lipinski definition) is 7. The van der Waals surface area contributed by atoms with Gasteiger partial charge < -0.3 is 19.7 Å². The predicted molar refractivity (Wildman–Crippen MR) is 129 cm³/mol. The highest BCUT2D eigenvalue weighted by Gasteiger charge is 2.48. The van der Waals surface area contributed by atoms with Gasteiger partial charge in [0.1, 0.15) is 29.2 Å². The molecule has 0 aromatic heterocycles. The Kier molecular flexibility index (Phi) is 12.4. The van der Waals surface area contributed by atoms with Gasteiger partial charge in [-0.25, -0.2) is 0 Å². The lowest BCUT2D eigenvalue weighted by molar-refractivity contribution is -0.190. The molecule has 9 atom stereocenters. The minimum atomic E-state index is -1.85. The molecule has 1 aliphatic rings. The molecule has 0 radical (unpaired) electrons. The van der Waals surface area contributed by atoms with Gasteiger partial charge in [0.2, 0.25) is 0 Å². The molecular weight excluding hydrogens is 424 g/mol. The largest absolute Gasteiger partial charge is 0.459 e. The van der Waals surface area contributed by atoms with Crippen LogP contribution in [-0.2, 0) is 23.9 Å². The van der Waals surface area contributed by atoms with Gasteiger partial charge in [-0.15, -0.1) is 0 Å². The molecule has 1 aliphatic heterocycles. The lowest BCUT2D eigenvalue weighted by Gasteiger charge is -2.42. The number of ether oxygens (including phenoxy) is 2. The molecule has 0 bridgehead atoms. The quantitative estimate of drug-likeness (QED) is 0.462. The molecule has 0 unspecified atom stereocenters. The molecular formula is C26H48O7. The Balaban J connectivity index is 0.00000322. The number of ketones is 2. The summed E-state index contributed by atoms with van der Waals surface area (Å²) in [6.45, 7) is 17.6. The van der Waals surface area contributed by atoms with E-state index in [4.69, 9.17) is 9.47 Å². The van der Waals surface area contributed by atoms with Gasteiger partial charge >= 0.3 is 5.97 Å². The standard InChI is InChI=1S/C23H40O7.C3H8/c1-10-17-23(8,28)20(26)14(4)18(24)12(2)11-22(7,29-9)16(6)13(3)19(25)15(5)21(27)30-17;1-3-2/h12-17,20,26,28H,10-11H2,1-9H3;3H2,1-2H3/t12-,13-,14+,15-,16-,17-,20-,22-,23-;/m1./s1. The SMILES string of the molecule is CCC.CC[C@H]1OC(=O)[C@H](C)C(=O)[C@H](C)[C@@H](C)[C@](C)(OC)C[C@@H](C)C(=O)[C@H](C)[C@@H](O)[C@]1(C)O. The van der Waals surface area contributed by atoms with Crippen LogP contribution in [0, 0.1) is 29.6 Å². The highest BCUT2D eigenvalue weighted by Crippen LogP contribution is 2.37. The van der Waals surface area contributed by atoms with Crippen molar-refractivity contribution in [3.63, 3.8) is 0 Å². The Hall–Kier alpha value is -1.31. The van der Waals surface area contributed by atoms with Crippen LogP contribution in [0.1, 0.15) is 88.5 Å². The normalized spacial score (nSPS) is 41.5. The van der Waals surface area contributed by atoms with Crippen molar-refractivity contribution < 1.29 is 34.1 Å². The van der Waals surface area contributed by atoms with Crippen LogP contribution in [0.15, 0.2) is 0 Å². The Labute approximate surface area is 200 Å². The van der Waals surface area contributed by atoms with Gasteiger partial charge in [-0.3, -0.25) is 14.4 Å². The van der Waals surface area contributed by atoms with Crippen molar-refractivity contribution in [2.24, 2.45) is 29.6 Å². The third-order valence-electron chi connectivity index (χ3n) is 7.41. The highest BCUT2D eigenvalue weighted by molar-refractivity contribution is 5.99. The average molecular weight is 473 g/mol. The number of rotatable bonds is 2. The Morgan fingerprint density at radius 1 is 0.970 bits per heavy atom. The van der Waals surface area contributed by atoms with E-state index in [1.54, 1.807) is 34.8 Å². The molecule has 2 N–H and O–H groups in total. The van der Waals surface area contributed by atoms with Crippen LogP contribution < -0.4 is 0 Å². The fourth-order valence-electron chi connectivity index (χ4n) is 4.61. The van der Waals surface area contributed by atoms with Crippen LogP contribution in [0.25, 0.3) is 0 Å². The smallest absolute Gasteiger partial charge is 0.316 e. The summed E-state index contributed by atoms with van der Waals surface area (Å²) in [5, 5.41) is 21.8. The van der Waals surface area contributed by atoms with Crippen LogP contribution in [0.3, 0.4) is 0 Å². The van der Waals surface area contributed by atoms with Crippen molar-refractivity contribution in [2.75, 3.05) is 7.11 Å². The van der Waals surface area contributed by atoms with E-state index in [2.05, 4.69) is 13.8 Å². The van der Waals surface area contributed by atoms with Gasteiger partial charge in [0.05, 0.1) is 11.7 Å². The number of methoxy groups -OCH3 is 1. The fourth-order valence-corrected chi connectivity index (χ4v) is 4.61. The summed E-state index contributed by atoms with van der Waals surface area (Å²) < 4.78 is 11.2. The molecule has 1 heterocycles. The number of esters is 1. The minimum Gasteiger partial charge on any atom is -0.459 e. The molecule has 1 fully saturated rings. The topological polar surface area (TPSA) is 110 Å². The number of hydrogen-bond donors (Lipinski definition) is 2. The van der Waals surface area contributed by atoms with Crippen LogP contribution in [-0.4, -0.2) is 58.3 Å². The van der Waals surface area contributed by atoms with Crippen molar-refractivity contribution >= 4 is 17.5 Å². The first-order valence-corrected chi connectivity index (χ1v) is 12.3. The summed E-state index contributed by atoms with van der Waals surface area (Å²) >= 11 is 0. The second kappa shape index (κ2) is 13.0. The summed E-state index contributed by atoms with van der Waals surface area (Å²) in [4.78, 5) is 38.8. The van der Waals surface area contributed by atoms with Crippen molar-refractivity contribution in [3.05, 3.63) is 0 Å². The van der Waals surface area contributed by atoms with Crippen LogP contribution in [0.2, 0.25) is 0 Å². The zero-order valence-electron chi connectivity index (χ0n) is 22.6. The molecule has 0 amide bonds. The monoisotopic (exact) mass is 472 g/mol. The van der Waals surface area contributed by atoms with Gasteiger partial charge in [0, 0.05) is 24.9 Å². The highest BCUT2D eigenvalue weighted by atomic mass is 16.6. The van der Waals surface area contributed by atoms with E-state index < -0.39 is 53.1 Å².